The Labute approximate surface area is 212 Å². The number of nitrogens with zero attached hydrogens (tertiary/aromatic N) is 2. The first kappa shape index (κ1) is 25.0. The van der Waals surface area contributed by atoms with Gasteiger partial charge in [-0.1, -0.05) is 24.3 Å². The van der Waals surface area contributed by atoms with E-state index in [1.807, 2.05) is 56.3 Å². The van der Waals surface area contributed by atoms with E-state index in [0.717, 1.165) is 34.0 Å². The molecule has 6 heteroatoms. The summed E-state index contributed by atoms with van der Waals surface area (Å²) in [5.41, 5.74) is 7.54. The zero-order chi connectivity index (χ0) is 26.0. The van der Waals surface area contributed by atoms with E-state index in [9.17, 15) is 9.59 Å². The van der Waals surface area contributed by atoms with Crippen molar-refractivity contribution in [2.24, 2.45) is 0 Å². The standard InChI is InChI=1S/C30H32N2O4/c1-19-8-7-9-25(16-19)32-20(2)17-24(21(32)3)18-27-28(30(34)36-6)22(4)31(29(27)33)15-14-23-10-12-26(35-5)13-11-23/h7-13,16-18H,14-15H2,1-6H3/b27-18-. The highest BCUT2D eigenvalue weighted by molar-refractivity contribution is 6.16. The summed E-state index contributed by atoms with van der Waals surface area (Å²) >= 11 is 0. The Balaban J connectivity index is 1.69. The van der Waals surface area contributed by atoms with Crippen molar-refractivity contribution in [3.05, 3.63) is 99.5 Å². The average Bonchev–Trinajstić information content (AvgIpc) is 3.28. The van der Waals surface area contributed by atoms with Crippen LogP contribution in [-0.4, -0.2) is 42.1 Å². The number of hydrogen-bond donors (Lipinski definition) is 0. The van der Waals surface area contributed by atoms with Crippen molar-refractivity contribution < 1.29 is 19.1 Å². The number of hydrogen-bond acceptors (Lipinski definition) is 4. The summed E-state index contributed by atoms with van der Waals surface area (Å²) in [4.78, 5) is 28.0. The predicted octanol–water partition coefficient (Wildman–Crippen LogP) is 5.33. The molecular formula is C30H32N2O4. The molecule has 36 heavy (non-hydrogen) atoms. The largest absolute Gasteiger partial charge is 0.497 e. The Morgan fingerprint density at radius 2 is 1.69 bits per heavy atom. The van der Waals surface area contributed by atoms with Crippen LogP contribution < -0.4 is 4.74 Å². The minimum absolute atomic E-state index is 0.193. The maximum atomic E-state index is 13.6. The minimum Gasteiger partial charge on any atom is -0.497 e. The first-order valence-corrected chi connectivity index (χ1v) is 12.0. The van der Waals surface area contributed by atoms with Gasteiger partial charge in [-0.15, -0.1) is 0 Å². The Kier molecular flexibility index (Phi) is 7.15. The summed E-state index contributed by atoms with van der Waals surface area (Å²) in [7, 11) is 2.97. The molecular weight excluding hydrogens is 452 g/mol. The zero-order valence-corrected chi connectivity index (χ0v) is 21.7. The quantitative estimate of drug-likeness (QED) is 0.336. The van der Waals surface area contributed by atoms with Gasteiger partial charge < -0.3 is 18.9 Å². The van der Waals surface area contributed by atoms with Crippen LogP contribution in [-0.2, 0) is 20.7 Å². The Bertz CT molecular complexity index is 1380. The van der Waals surface area contributed by atoms with Gasteiger partial charge in [0.1, 0.15) is 5.75 Å². The molecule has 0 saturated heterocycles. The Hall–Kier alpha value is -4.06. The van der Waals surface area contributed by atoms with Crippen molar-refractivity contribution in [1.29, 1.82) is 0 Å². The topological polar surface area (TPSA) is 60.8 Å². The number of carbonyl (C=O) groups excluding carboxylic acids is 2. The SMILES string of the molecule is COC(=O)C1=C(C)N(CCc2ccc(OC)cc2)C(=O)/C1=C\c1cc(C)n(-c2cccc(C)c2)c1C. The molecule has 6 nitrogen and oxygen atoms in total. The second-order valence-electron chi connectivity index (χ2n) is 9.07. The summed E-state index contributed by atoms with van der Waals surface area (Å²) in [6, 6.07) is 18.1. The molecule has 1 aliphatic rings. The molecule has 186 valence electrons. The number of benzene rings is 2. The summed E-state index contributed by atoms with van der Waals surface area (Å²) in [6.45, 7) is 8.38. The number of amides is 1. The van der Waals surface area contributed by atoms with Crippen molar-refractivity contribution in [1.82, 2.24) is 9.47 Å². The second kappa shape index (κ2) is 10.3. The summed E-state index contributed by atoms with van der Waals surface area (Å²) in [5, 5.41) is 0. The normalized spacial score (nSPS) is 14.7. The van der Waals surface area contributed by atoms with Gasteiger partial charge in [0.05, 0.1) is 25.4 Å². The summed E-state index contributed by atoms with van der Waals surface area (Å²) in [6.07, 6.45) is 2.47. The Morgan fingerprint density at radius 3 is 2.33 bits per heavy atom. The monoisotopic (exact) mass is 484 g/mol. The van der Waals surface area contributed by atoms with Gasteiger partial charge in [0.15, 0.2) is 0 Å². The third-order valence-electron chi connectivity index (χ3n) is 6.71. The van der Waals surface area contributed by atoms with Gasteiger partial charge in [0.25, 0.3) is 5.91 Å². The smallest absolute Gasteiger partial charge is 0.340 e. The highest BCUT2D eigenvalue weighted by atomic mass is 16.5. The Morgan fingerprint density at radius 1 is 0.972 bits per heavy atom. The van der Waals surface area contributed by atoms with Crippen molar-refractivity contribution in [2.75, 3.05) is 20.8 Å². The number of esters is 1. The molecule has 0 atom stereocenters. The molecule has 0 saturated carbocycles. The van der Waals surface area contributed by atoms with E-state index in [1.165, 1.54) is 12.7 Å². The molecule has 0 fully saturated rings. The van der Waals surface area contributed by atoms with Crippen LogP contribution in [0.4, 0.5) is 0 Å². The predicted molar refractivity (Wildman–Crippen MR) is 141 cm³/mol. The van der Waals surface area contributed by atoms with E-state index < -0.39 is 5.97 Å². The van der Waals surface area contributed by atoms with E-state index in [-0.39, 0.29) is 5.91 Å². The van der Waals surface area contributed by atoms with E-state index in [4.69, 9.17) is 9.47 Å². The molecule has 0 aliphatic carbocycles. The number of aryl methyl sites for hydroxylation is 2. The van der Waals surface area contributed by atoms with Crippen LogP contribution in [0.3, 0.4) is 0 Å². The van der Waals surface area contributed by atoms with Crippen LogP contribution in [0.25, 0.3) is 11.8 Å². The number of rotatable bonds is 7. The lowest BCUT2D eigenvalue weighted by molar-refractivity contribution is -0.136. The van der Waals surface area contributed by atoms with E-state index in [0.29, 0.717) is 29.8 Å². The highest BCUT2D eigenvalue weighted by Crippen LogP contribution is 2.33. The minimum atomic E-state index is -0.508. The van der Waals surface area contributed by atoms with Crippen LogP contribution in [0.5, 0.6) is 5.75 Å². The average molecular weight is 485 g/mol. The molecule has 3 aromatic rings. The molecule has 1 aliphatic heterocycles. The van der Waals surface area contributed by atoms with E-state index in [2.05, 4.69) is 29.7 Å². The van der Waals surface area contributed by atoms with Crippen LogP contribution in [0.1, 0.15) is 35.0 Å². The number of carbonyl (C=O) groups is 2. The van der Waals surface area contributed by atoms with Gasteiger partial charge in [0, 0.05) is 29.3 Å². The third kappa shape index (κ3) is 4.71. The third-order valence-corrected chi connectivity index (χ3v) is 6.71. The molecule has 0 unspecified atom stereocenters. The molecule has 1 aromatic heterocycles. The molecule has 2 heterocycles. The number of ether oxygens (including phenoxy) is 2. The van der Waals surface area contributed by atoms with Gasteiger partial charge in [-0.25, -0.2) is 4.79 Å². The maximum Gasteiger partial charge on any atom is 0.340 e. The molecule has 2 aromatic carbocycles. The van der Waals surface area contributed by atoms with E-state index >= 15 is 0 Å². The van der Waals surface area contributed by atoms with Gasteiger partial charge >= 0.3 is 5.97 Å². The number of methoxy groups -OCH3 is 2. The lowest BCUT2D eigenvalue weighted by Gasteiger charge is -2.18. The van der Waals surface area contributed by atoms with Crippen LogP contribution >= 0.6 is 0 Å². The van der Waals surface area contributed by atoms with Gasteiger partial charge in [-0.3, -0.25) is 4.79 Å². The lowest BCUT2D eigenvalue weighted by Crippen LogP contribution is -2.27. The molecule has 0 spiro atoms. The zero-order valence-electron chi connectivity index (χ0n) is 21.7. The lowest BCUT2D eigenvalue weighted by atomic mass is 10.0. The van der Waals surface area contributed by atoms with Crippen molar-refractivity contribution in [3.63, 3.8) is 0 Å². The summed E-state index contributed by atoms with van der Waals surface area (Å²) in [5.74, 6) is 0.0850. The summed E-state index contributed by atoms with van der Waals surface area (Å²) < 4.78 is 12.5. The first-order valence-electron chi connectivity index (χ1n) is 12.0. The van der Waals surface area contributed by atoms with Crippen LogP contribution in [0.2, 0.25) is 0 Å². The fourth-order valence-electron chi connectivity index (χ4n) is 4.78. The van der Waals surface area contributed by atoms with Crippen molar-refractivity contribution in [2.45, 2.75) is 34.1 Å². The second-order valence-corrected chi connectivity index (χ2v) is 9.07. The maximum absolute atomic E-state index is 13.6. The molecule has 0 bridgehead atoms. The number of aromatic nitrogens is 1. The molecule has 4 rings (SSSR count). The number of allylic oxidation sites excluding steroid dienone is 1. The van der Waals surface area contributed by atoms with Gasteiger partial charge in [-0.05, 0) is 87.2 Å². The van der Waals surface area contributed by atoms with Crippen LogP contribution in [0, 0.1) is 20.8 Å². The van der Waals surface area contributed by atoms with Crippen molar-refractivity contribution >= 4 is 18.0 Å². The van der Waals surface area contributed by atoms with Crippen molar-refractivity contribution in [3.8, 4) is 11.4 Å². The van der Waals surface area contributed by atoms with E-state index in [1.54, 1.807) is 18.9 Å². The van der Waals surface area contributed by atoms with Gasteiger partial charge in [0.2, 0.25) is 0 Å². The molecule has 0 N–H and O–H groups in total. The fraction of sp³-hybridized carbons (Fsp3) is 0.267. The fourth-order valence-corrected chi connectivity index (χ4v) is 4.78. The van der Waals surface area contributed by atoms with Gasteiger partial charge in [-0.2, -0.15) is 0 Å². The molecule has 0 radical (unpaired) electrons. The highest BCUT2D eigenvalue weighted by Gasteiger charge is 2.37. The van der Waals surface area contributed by atoms with Crippen LogP contribution in [0.15, 0.2) is 71.4 Å². The molecule has 1 amide bonds. The first-order chi connectivity index (χ1) is 17.2.